The second-order valence-electron chi connectivity index (χ2n) is 8.16. The van der Waals surface area contributed by atoms with E-state index >= 15 is 0 Å². The van der Waals surface area contributed by atoms with Crippen LogP contribution in [0.4, 0.5) is 11.4 Å². The van der Waals surface area contributed by atoms with Crippen LogP contribution in [-0.4, -0.2) is 68.9 Å². The molecule has 0 aliphatic heterocycles. The van der Waals surface area contributed by atoms with Crippen molar-refractivity contribution in [1.29, 1.82) is 0 Å². The maximum absolute atomic E-state index is 11.8. The molecule has 0 radical (unpaired) electrons. The second kappa shape index (κ2) is 10.7. The summed E-state index contributed by atoms with van der Waals surface area (Å²) in [5, 5.41) is 12.2. The molecule has 4 rings (SSSR count). The van der Waals surface area contributed by atoms with Gasteiger partial charge in [0, 0.05) is 45.0 Å². The first-order valence-electron chi connectivity index (χ1n) is 10.6. The highest BCUT2D eigenvalue weighted by Gasteiger charge is 2.25. The summed E-state index contributed by atoms with van der Waals surface area (Å²) in [4.78, 5) is 36.7. The predicted octanol–water partition coefficient (Wildman–Crippen LogP) is 4.43. The molecule has 0 aliphatic rings. The Morgan fingerprint density at radius 2 is 1.49 bits per heavy atom. The van der Waals surface area contributed by atoms with Crippen molar-refractivity contribution < 1.29 is 32.8 Å². The molecular weight excluding hydrogens is 508 g/mol. The van der Waals surface area contributed by atoms with Gasteiger partial charge in [0.25, 0.3) is 11.8 Å². The number of methoxy groups -OCH3 is 2. The minimum Gasteiger partial charge on any atom is -0.495 e. The number of anilines is 1. The van der Waals surface area contributed by atoms with Crippen molar-refractivity contribution in [2.24, 2.45) is 0 Å². The molecule has 0 unspecified atom stereocenters. The Morgan fingerprint density at radius 3 is 2.00 bits per heavy atom. The van der Waals surface area contributed by atoms with Crippen LogP contribution in [0.5, 0.6) is 11.5 Å². The van der Waals surface area contributed by atoms with Crippen LogP contribution in [0.3, 0.4) is 0 Å². The number of rotatable bonds is 5. The number of nitrogen functional groups attached to an aromatic ring is 1. The first-order valence-corrected chi connectivity index (χ1v) is 11.0. The normalized spacial score (nSPS) is 10.6. The lowest BCUT2D eigenvalue weighted by molar-refractivity contribution is -0.385. The van der Waals surface area contributed by atoms with Gasteiger partial charge in [0.15, 0.2) is 11.5 Å². The van der Waals surface area contributed by atoms with Crippen LogP contribution in [0.2, 0.25) is 5.02 Å². The minimum atomic E-state index is -0.625. The number of nitro groups is 1. The minimum absolute atomic E-state index is 0.0401. The molecule has 0 aliphatic carbocycles. The van der Waals surface area contributed by atoms with E-state index in [4.69, 9.17) is 35.6 Å². The number of furan rings is 2. The van der Waals surface area contributed by atoms with Crippen LogP contribution in [0, 0.1) is 10.1 Å². The van der Waals surface area contributed by atoms with Gasteiger partial charge in [0.05, 0.1) is 30.9 Å². The van der Waals surface area contributed by atoms with E-state index in [0.717, 1.165) is 5.39 Å². The van der Waals surface area contributed by atoms with Gasteiger partial charge in [-0.1, -0.05) is 11.6 Å². The van der Waals surface area contributed by atoms with E-state index in [0.29, 0.717) is 22.4 Å². The van der Waals surface area contributed by atoms with E-state index in [1.807, 2.05) is 0 Å². The van der Waals surface area contributed by atoms with Crippen LogP contribution in [0.1, 0.15) is 21.1 Å². The summed E-state index contributed by atoms with van der Waals surface area (Å²) >= 11 is 6.07. The number of carbonyl (C=O) groups excluding carboxylic acids is 2. The van der Waals surface area contributed by atoms with E-state index in [1.165, 1.54) is 29.0 Å². The van der Waals surface area contributed by atoms with E-state index in [2.05, 4.69) is 0 Å². The Morgan fingerprint density at radius 1 is 0.919 bits per heavy atom. The molecular formula is C24H25ClN4O8. The summed E-state index contributed by atoms with van der Waals surface area (Å²) in [6, 6.07) is 7.71. The number of hydrogen-bond acceptors (Lipinski definition) is 9. The van der Waals surface area contributed by atoms with Crippen molar-refractivity contribution in [3.8, 4) is 11.5 Å². The van der Waals surface area contributed by atoms with Crippen molar-refractivity contribution in [3.05, 3.63) is 57.0 Å². The van der Waals surface area contributed by atoms with E-state index in [1.54, 1.807) is 53.5 Å². The molecule has 2 heterocycles. The van der Waals surface area contributed by atoms with Crippen molar-refractivity contribution in [2.45, 2.75) is 0 Å². The summed E-state index contributed by atoms with van der Waals surface area (Å²) in [5.74, 6) is 0.306. The zero-order valence-electron chi connectivity index (χ0n) is 20.9. The van der Waals surface area contributed by atoms with Gasteiger partial charge in [-0.15, -0.1) is 0 Å². The lowest BCUT2D eigenvalue weighted by Crippen LogP contribution is -2.20. The molecule has 0 bridgehead atoms. The first kappa shape index (κ1) is 27.1. The number of amides is 2. The molecule has 196 valence electrons. The zero-order chi connectivity index (χ0) is 27.6. The number of ether oxygens (including phenoxy) is 2. The molecule has 0 saturated carbocycles. The lowest BCUT2D eigenvalue weighted by atomic mass is 10.2. The van der Waals surface area contributed by atoms with Crippen molar-refractivity contribution in [2.75, 3.05) is 48.1 Å². The van der Waals surface area contributed by atoms with Crippen LogP contribution < -0.4 is 15.2 Å². The number of hydrogen-bond donors (Lipinski definition) is 1. The standard InChI is InChI=1S/C12H11ClN2O5.C12H14N2O3/c1-14(2)12(16)9-4-6-8(20-9)5-7(15(17)18)11(19-3)10(6)13;1-14(2)12(15)11-5-7-4-10(16-3)8(13)6-9(7)17-11/h4-5H,1-3H3;4-6H,13H2,1-3H3. The number of halogens is 1. The number of nitro benzene ring substituents is 1. The Kier molecular flexibility index (Phi) is 7.82. The highest BCUT2D eigenvalue weighted by Crippen LogP contribution is 2.42. The van der Waals surface area contributed by atoms with Crippen LogP contribution in [-0.2, 0) is 0 Å². The van der Waals surface area contributed by atoms with Gasteiger partial charge in [-0.25, -0.2) is 0 Å². The summed E-state index contributed by atoms with van der Waals surface area (Å²) in [5.41, 5.74) is 6.67. The third-order valence-corrected chi connectivity index (χ3v) is 5.58. The molecule has 0 spiro atoms. The van der Waals surface area contributed by atoms with Crippen molar-refractivity contribution in [1.82, 2.24) is 9.80 Å². The molecule has 37 heavy (non-hydrogen) atoms. The molecule has 0 fully saturated rings. The highest BCUT2D eigenvalue weighted by atomic mass is 35.5. The topological polar surface area (TPSA) is 155 Å². The summed E-state index contributed by atoms with van der Waals surface area (Å²) < 4.78 is 20.8. The number of nitrogens with zero attached hydrogens (tertiary/aromatic N) is 3. The Hall–Kier alpha value is -4.45. The van der Waals surface area contributed by atoms with Crippen LogP contribution in [0.25, 0.3) is 21.9 Å². The largest absolute Gasteiger partial charge is 0.495 e. The van der Waals surface area contributed by atoms with Gasteiger partial charge in [-0.05, 0) is 18.2 Å². The molecule has 2 N–H and O–H groups in total. The average molecular weight is 533 g/mol. The van der Waals surface area contributed by atoms with Gasteiger partial charge in [0.1, 0.15) is 21.9 Å². The molecule has 2 aromatic heterocycles. The number of fused-ring (bicyclic) bond motifs is 2. The van der Waals surface area contributed by atoms with Gasteiger partial charge < -0.3 is 33.8 Å². The molecule has 13 heteroatoms. The maximum Gasteiger partial charge on any atom is 0.316 e. The quantitative estimate of drug-likeness (QED) is 0.223. The Balaban J connectivity index is 0.000000208. The Bertz CT molecular complexity index is 1510. The monoisotopic (exact) mass is 532 g/mol. The van der Waals surface area contributed by atoms with Gasteiger partial charge in [-0.3, -0.25) is 19.7 Å². The Labute approximate surface area is 216 Å². The van der Waals surface area contributed by atoms with Crippen LogP contribution in [0.15, 0.2) is 39.2 Å². The molecule has 0 saturated heterocycles. The SMILES string of the molecule is COc1c([N+](=O)[O-])cc2oc(C(=O)N(C)C)cc2c1Cl.COc1cc2cc(C(=O)N(C)C)oc2cc1N. The fourth-order valence-electron chi connectivity index (χ4n) is 3.35. The summed E-state index contributed by atoms with van der Waals surface area (Å²) in [7, 11) is 9.31. The van der Waals surface area contributed by atoms with Crippen LogP contribution >= 0.6 is 11.6 Å². The molecule has 0 atom stereocenters. The lowest BCUT2D eigenvalue weighted by Gasteiger charge is -2.06. The zero-order valence-corrected chi connectivity index (χ0v) is 21.7. The fourth-order valence-corrected chi connectivity index (χ4v) is 3.67. The summed E-state index contributed by atoms with van der Waals surface area (Å²) in [6.45, 7) is 0. The molecule has 4 aromatic rings. The van der Waals surface area contributed by atoms with Crippen molar-refractivity contribution >= 4 is 56.7 Å². The van der Waals surface area contributed by atoms with E-state index < -0.39 is 4.92 Å². The molecule has 2 amide bonds. The van der Waals surface area contributed by atoms with Gasteiger partial charge >= 0.3 is 5.69 Å². The predicted molar refractivity (Wildman–Crippen MR) is 138 cm³/mol. The van der Waals surface area contributed by atoms with Gasteiger partial charge in [-0.2, -0.15) is 0 Å². The first-order chi connectivity index (χ1) is 17.4. The summed E-state index contributed by atoms with van der Waals surface area (Å²) in [6.07, 6.45) is 0. The third kappa shape index (κ3) is 5.38. The maximum atomic E-state index is 11.8. The second-order valence-corrected chi connectivity index (χ2v) is 8.54. The smallest absolute Gasteiger partial charge is 0.316 e. The van der Waals surface area contributed by atoms with Gasteiger partial charge in [0.2, 0.25) is 5.75 Å². The molecule has 2 aromatic carbocycles. The number of carbonyl (C=O) groups is 2. The number of nitrogens with two attached hydrogens (primary N) is 1. The van der Waals surface area contributed by atoms with E-state index in [9.17, 15) is 19.7 Å². The third-order valence-electron chi connectivity index (χ3n) is 5.20. The average Bonchev–Trinajstić information content (AvgIpc) is 3.46. The highest BCUT2D eigenvalue weighted by molar-refractivity contribution is 6.37. The fraction of sp³-hybridized carbons (Fsp3) is 0.250. The number of benzene rings is 2. The van der Waals surface area contributed by atoms with E-state index in [-0.39, 0.29) is 45.4 Å². The molecule has 12 nitrogen and oxygen atoms in total. The van der Waals surface area contributed by atoms with Crippen molar-refractivity contribution in [3.63, 3.8) is 0 Å².